The summed E-state index contributed by atoms with van der Waals surface area (Å²) in [6.07, 6.45) is 2.98. The molecule has 1 heterocycles. The molecule has 8 heteroatoms. The highest BCUT2D eigenvalue weighted by Gasteiger charge is 2.25. The first-order valence-electron chi connectivity index (χ1n) is 9.38. The van der Waals surface area contributed by atoms with Crippen LogP contribution in [-0.4, -0.2) is 43.9 Å². The van der Waals surface area contributed by atoms with Crippen molar-refractivity contribution in [3.05, 3.63) is 29.8 Å². The van der Waals surface area contributed by atoms with Crippen LogP contribution in [0, 0.1) is 0 Å². The second-order valence-electron chi connectivity index (χ2n) is 7.68. The largest absolute Gasteiger partial charge is 0.357 e. The minimum absolute atomic E-state index is 0. The highest BCUT2D eigenvalue weighted by molar-refractivity contribution is 14.0. The normalized spacial score (nSPS) is 16.5. The number of aliphatic imine (C=N–C) groups is 1. The number of halogens is 1. The summed E-state index contributed by atoms with van der Waals surface area (Å²) in [6, 6.07) is 7.13. The van der Waals surface area contributed by atoms with E-state index < -0.39 is 10.0 Å². The average Bonchev–Trinajstić information content (AvgIpc) is 2.60. The van der Waals surface area contributed by atoms with Gasteiger partial charge in [0.15, 0.2) is 5.96 Å². The highest BCUT2D eigenvalue weighted by atomic mass is 127. The van der Waals surface area contributed by atoms with Crippen LogP contribution < -0.4 is 10.6 Å². The van der Waals surface area contributed by atoms with Crippen LogP contribution in [0.2, 0.25) is 0 Å². The summed E-state index contributed by atoms with van der Waals surface area (Å²) in [6.45, 7) is 10.7. The van der Waals surface area contributed by atoms with Gasteiger partial charge in [-0.05, 0) is 58.2 Å². The molecule has 1 aromatic rings. The van der Waals surface area contributed by atoms with Crippen molar-refractivity contribution in [3.63, 3.8) is 0 Å². The fourth-order valence-corrected chi connectivity index (χ4v) is 4.48. The average molecular weight is 508 g/mol. The van der Waals surface area contributed by atoms with Crippen LogP contribution in [0.5, 0.6) is 0 Å². The van der Waals surface area contributed by atoms with Crippen LogP contribution in [0.4, 0.5) is 0 Å². The molecule has 2 rings (SSSR count). The molecular weight excluding hydrogens is 475 g/mol. The Bertz CT molecular complexity index is 723. The highest BCUT2D eigenvalue weighted by Crippen LogP contribution is 2.21. The van der Waals surface area contributed by atoms with E-state index in [9.17, 15) is 8.42 Å². The van der Waals surface area contributed by atoms with E-state index in [-0.39, 0.29) is 29.5 Å². The molecule has 1 saturated heterocycles. The van der Waals surface area contributed by atoms with Gasteiger partial charge in [0.05, 0.1) is 11.4 Å². The van der Waals surface area contributed by atoms with Gasteiger partial charge in [-0.2, -0.15) is 4.31 Å². The second-order valence-corrected chi connectivity index (χ2v) is 9.62. The molecule has 6 nitrogen and oxygen atoms in total. The standard InChI is InChI=1S/C19H32N4O2S.HI/c1-5-20-18(22-19(2,3)4)21-15-16-10-9-11-17(14-16)26(24,25)23-12-7-6-8-13-23;/h9-11,14H,5-8,12-13,15H2,1-4H3,(H2,20,21,22);1H. The zero-order valence-corrected chi connectivity index (χ0v) is 19.9. The molecule has 0 saturated carbocycles. The van der Waals surface area contributed by atoms with E-state index in [1.807, 2.05) is 13.0 Å². The van der Waals surface area contributed by atoms with Gasteiger partial charge in [-0.15, -0.1) is 24.0 Å². The molecule has 27 heavy (non-hydrogen) atoms. The lowest BCUT2D eigenvalue weighted by Gasteiger charge is -2.26. The summed E-state index contributed by atoms with van der Waals surface area (Å²) in [5, 5.41) is 6.55. The number of nitrogens with zero attached hydrogens (tertiary/aromatic N) is 2. The van der Waals surface area contributed by atoms with Crippen molar-refractivity contribution in [1.29, 1.82) is 0 Å². The smallest absolute Gasteiger partial charge is 0.243 e. The van der Waals surface area contributed by atoms with Gasteiger partial charge in [0.2, 0.25) is 10.0 Å². The summed E-state index contributed by atoms with van der Waals surface area (Å²) in [4.78, 5) is 4.95. The molecule has 0 bridgehead atoms. The molecule has 154 valence electrons. The van der Waals surface area contributed by atoms with E-state index in [0.29, 0.717) is 24.5 Å². The number of guanidine groups is 1. The molecule has 0 atom stereocenters. The molecule has 0 radical (unpaired) electrons. The molecule has 1 aromatic carbocycles. The van der Waals surface area contributed by atoms with Crippen LogP contribution >= 0.6 is 24.0 Å². The summed E-state index contributed by atoms with van der Waals surface area (Å²) in [5.41, 5.74) is 0.787. The Hall–Kier alpha value is -0.870. The molecule has 0 aliphatic carbocycles. The number of sulfonamides is 1. The predicted molar refractivity (Wildman–Crippen MR) is 122 cm³/mol. The van der Waals surface area contributed by atoms with Crippen molar-refractivity contribution in [2.24, 2.45) is 4.99 Å². The Morgan fingerprint density at radius 1 is 1.19 bits per heavy atom. The number of rotatable bonds is 5. The van der Waals surface area contributed by atoms with Crippen molar-refractivity contribution in [1.82, 2.24) is 14.9 Å². The molecule has 1 aliphatic heterocycles. The van der Waals surface area contributed by atoms with Crippen molar-refractivity contribution < 1.29 is 8.42 Å². The van der Waals surface area contributed by atoms with Crippen molar-refractivity contribution >= 4 is 40.0 Å². The van der Waals surface area contributed by atoms with Gasteiger partial charge in [0, 0.05) is 25.2 Å². The van der Waals surface area contributed by atoms with E-state index in [2.05, 4.69) is 36.4 Å². The summed E-state index contributed by atoms with van der Waals surface area (Å²) in [7, 11) is -3.41. The summed E-state index contributed by atoms with van der Waals surface area (Å²) >= 11 is 0. The molecule has 0 spiro atoms. The van der Waals surface area contributed by atoms with Gasteiger partial charge in [0.25, 0.3) is 0 Å². The number of nitrogens with one attached hydrogen (secondary N) is 2. The topological polar surface area (TPSA) is 73.8 Å². The fourth-order valence-electron chi connectivity index (χ4n) is 2.89. The third-order valence-corrected chi connectivity index (χ3v) is 6.00. The summed E-state index contributed by atoms with van der Waals surface area (Å²) < 4.78 is 27.3. The third kappa shape index (κ3) is 7.57. The minimum atomic E-state index is -3.41. The van der Waals surface area contributed by atoms with Crippen molar-refractivity contribution in [2.75, 3.05) is 19.6 Å². The lowest BCUT2D eigenvalue weighted by molar-refractivity contribution is 0.346. The van der Waals surface area contributed by atoms with Crippen LogP contribution in [0.1, 0.15) is 52.5 Å². The van der Waals surface area contributed by atoms with E-state index in [1.165, 1.54) is 0 Å². The molecule has 1 fully saturated rings. The first-order valence-corrected chi connectivity index (χ1v) is 10.8. The van der Waals surface area contributed by atoms with Gasteiger partial charge in [-0.3, -0.25) is 0 Å². The minimum Gasteiger partial charge on any atom is -0.357 e. The van der Waals surface area contributed by atoms with Crippen LogP contribution in [0.15, 0.2) is 34.2 Å². The van der Waals surface area contributed by atoms with Gasteiger partial charge in [-0.1, -0.05) is 18.6 Å². The molecule has 0 amide bonds. The maximum atomic E-state index is 12.8. The Morgan fingerprint density at radius 2 is 1.85 bits per heavy atom. The quantitative estimate of drug-likeness (QED) is 0.364. The first-order chi connectivity index (χ1) is 12.2. The summed E-state index contributed by atoms with van der Waals surface area (Å²) in [5.74, 6) is 0.726. The van der Waals surface area contributed by atoms with Crippen LogP contribution in [0.25, 0.3) is 0 Å². The van der Waals surface area contributed by atoms with E-state index in [1.54, 1.807) is 22.5 Å². The van der Waals surface area contributed by atoms with Gasteiger partial charge in [-0.25, -0.2) is 13.4 Å². The number of hydrogen-bond acceptors (Lipinski definition) is 3. The number of hydrogen-bond donors (Lipinski definition) is 2. The predicted octanol–water partition coefficient (Wildman–Crippen LogP) is 3.33. The lowest BCUT2D eigenvalue weighted by Crippen LogP contribution is -2.47. The number of piperidine rings is 1. The SMILES string of the molecule is CCNC(=NCc1cccc(S(=O)(=O)N2CCCCC2)c1)NC(C)(C)C.I. The van der Waals surface area contributed by atoms with E-state index >= 15 is 0 Å². The maximum absolute atomic E-state index is 12.8. The van der Waals surface area contributed by atoms with Gasteiger partial charge in [0.1, 0.15) is 0 Å². The van der Waals surface area contributed by atoms with E-state index in [4.69, 9.17) is 0 Å². The molecule has 0 unspecified atom stereocenters. The van der Waals surface area contributed by atoms with Crippen molar-refractivity contribution in [2.45, 2.75) is 63.9 Å². The Kier molecular flexibility index (Phi) is 9.50. The Balaban J connectivity index is 0.00000364. The first kappa shape index (κ1) is 24.2. The second kappa shape index (κ2) is 10.6. The lowest BCUT2D eigenvalue weighted by atomic mass is 10.1. The van der Waals surface area contributed by atoms with Crippen molar-refractivity contribution in [3.8, 4) is 0 Å². The van der Waals surface area contributed by atoms with Gasteiger partial charge < -0.3 is 10.6 Å². The fraction of sp³-hybridized carbons (Fsp3) is 0.632. The van der Waals surface area contributed by atoms with E-state index in [0.717, 1.165) is 37.3 Å². The van der Waals surface area contributed by atoms with Crippen LogP contribution in [0.3, 0.4) is 0 Å². The molecular formula is C19H33IN4O2S. The zero-order valence-electron chi connectivity index (χ0n) is 16.8. The van der Waals surface area contributed by atoms with Crippen LogP contribution in [-0.2, 0) is 16.6 Å². The maximum Gasteiger partial charge on any atom is 0.243 e. The third-order valence-electron chi connectivity index (χ3n) is 4.11. The zero-order chi connectivity index (χ0) is 19.2. The Labute approximate surface area is 181 Å². The Morgan fingerprint density at radius 3 is 2.44 bits per heavy atom. The monoisotopic (exact) mass is 508 g/mol. The molecule has 2 N–H and O–H groups in total. The number of benzene rings is 1. The molecule has 1 aliphatic rings. The van der Waals surface area contributed by atoms with Gasteiger partial charge >= 0.3 is 0 Å². The molecule has 0 aromatic heterocycles.